The van der Waals surface area contributed by atoms with Crippen molar-refractivity contribution in [1.82, 2.24) is 14.3 Å². The fourth-order valence-corrected chi connectivity index (χ4v) is 7.88. The smallest absolute Gasteiger partial charge is 0.0702 e. The van der Waals surface area contributed by atoms with E-state index >= 15 is 0 Å². The molecule has 3 heterocycles. The minimum atomic E-state index is -1.36. The molecule has 5 rings (SSSR count). The molecular weight excluding hydrogens is 375 g/mol. The molecule has 0 spiro atoms. The minimum absolute atomic E-state index is 0.483. The molecule has 2 N–H and O–H groups in total. The van der Waals surface area contributed by atoms with Crippen molar-refractivity contribution in [3.05, 3.63) is 71.4 Å². The summed E-state index contributed by atoms with van der Waals surface area (Å²) in [5.41, 5.74) is 12.0. The second kappa shape index (κ2) is 7.28. The van der Waals surface area contributed by atoms with Gasteiger partial charge in [-0.2, -0.15) is 0 Å². The van der Waals surface area contributed by atoms with Gasteiger partial charge in [0.1, 0.15) is 0 Å². The Morgan fingerprint density at radius 3 is 2.52 bits per heavy atom. The molecule has 0 saturated carbocycles. The molecule has 2 saturated heterocycles. The third-order valence-electron chi connectivity index (χ3n) is 6.24. The predicted octanol–water partition coefficient (Wildman–Crippen LogP) is 4.42. The molecule has 3 aromatic rings. The molecule has 0 aliphatic carbocycles. The van der Waals surface area contributed by atoms with Gasteiger partial charge in [0.15, 0.2) is 0 Å². The van der Waals surface area contributed by atoms with Crippen LogP contribution in [-0.2, 0) is 6.42 Å². The maximum absolute atomic E-state index is 6.35. The molecule has 2 aromatic carbocycles. The standard InChI is InChI=1S/C24H29N4P/c1-18(17-29(2,27-9-10-27)28-11-12-28)20-7-8-23(25)22(15-20)14-19-13-21-5-3-4-6-24(21)26-16-19/h3-8,13,15-16,18H,2,9-12,14,17,25H2,1H3. The van der Waals surface area contributed by atoms with Crippen LogP contribution in [-0.4, -0.2) is 53.0 Å². The lowest BCUT2D eigenvalue weighted by Gasteiger charge is -2.30. The Hall–Kier alpha value is -2.13. The normalized spacial score (nSPS) is 18.1. The predicted molar refractivity (Wildman–Crippen MR) is 126 cm³/mol. The molecule has 29 heavy (non-hydrogen) atoms. The Morgan fingerprint density at radius 1 is 1.07 bits per heavy atom. The second-order valence-electron chi connectivity index (χ2n) is 8.54. The van der Waals surface area contributed by atoms with Crippen molar-refractivity contribution in [2.45, 2.75) is 19.3 Å². The molecule has 2 aliphatic heterocycles. The van der Waals surface area contributed by atoms with Gasteiger partial charge in [-0.25, -0.2) is 0 Å². The third kappa shape index (κ3) is 3.85. The summed E-state index contributed by atoms with van der Waals surface area (Å²) in [7, 11) is -1.36. The van der Waals surface area contributed by atoms with E-state index in [2.05, 4.69) is 63.7 Å². The van der Waals surface area contributed by atoms with E-state index in [0.717, 1.165) is 23.8 Å². The number of nitrogen functional groups attached to an aromatic ring is 1. The first kappa shape index (κ1) is 18.9. The number of para-hydroxylation sites is 1. The maximum atomic E-state index is 6.35. The molecule has 150 valence electrons. The van der Waals surface area contributed by atoms with E-state index < -0.39 is 7.19 Å². The Balaban J connectivity index is 1.38. The first-order chi connectivity index (χ1) is 14.0. The maximum Gasteiger partial charge on any atom is 0.0702 e. The van der Waals surface area contributed by atoms with Crippen molar-refractivity contribution in [2.24, 2.45) is 0 Å². The number of nitrogens with two attached hydrogens (primary N) is 1. The number of aromatic nitrogens is 1. The van der Waals surface area contributed by atoms with Gasteiger partial charge in [-0.3, -0.25) is 14.3 Å². The van der Waals surface area contributed by atoms with Gasteiger partial charge in [0.05, 0.1) is 5.52 Å². The number of fused-ring (bicyclic) bond motifs is 1. The molecule has 0 amide bonds. The highest BCUT2D eigenvalue weighted by Crippen LogP contribution is 2.61. The summed E-state index contributed by atoms with van der Waals surface area (Å²) in [6.07, 6.45) is 8.68. The quantitative estimate of drug-likeness (QED) is 0.360. The van der Waals surface area contributed by atoms with E-state index in [1.54, 1.807) is 0 Å². The summed E-state index contributed by atoms with van der Waals surface area (Å²) in [5.74, 6) is 0.483. The van der Waals surface area contributed by atoms with Crippen LogP contribution in [0.1, 0.15) is 29.5 Å². The van der Waals surface area contributed by atoms with Gasteiger partial charge in [0, 0.05) is 57.1 Å². The lowest BCUT2D eigenvalue weighted by molar-refractivity contribution is 0.750. The molecule has 1 aromatic heterocycles. The largest absolute Gasteiger partial charge is 0.398 e. The first-order valence-electron chi connectivity index (χ1n) is 10.5. The molecule has 4 nitrogen and oxygen atoms in total. The SMILES string of the molecule is C=P(CC(C)c1ccc(N)c(Cc2cnc3ccccc3c2)c1)(N1CC1)N1CC1. The average molecular weight is 404 g/mol. The topological polar surface area (TPSA) is 44.9 Å². The van der Waals surface area contributed by atoms with Gasteiger partial charge in [0.25, 0.3) is 0 Å². The fraction of sp³-hybridized carbons (Fsp3) is 0.333. The van der Waals surface area contributed by atoms with E-state index in [9.17, 15) is 0 Å². The Bertz CT molecular complexity index is 1080. The molecule has 0 radical (unpaired) electrons. The third-order valence-corrected chi connectivity index (χ3v) is 10.3. The van der Waals surface area contributed by atoms with Gasteiger partial charge in [-0.15, -0.1) is 0 Å². The van der Waals surface area contributed by atoms with E-state index in [4.69, 9.17) is 12.0 Å². The Labute approximate surface area is 173 Å². The number of rotatable bonds is 7. The molecule has 2 aliphatic rings. The van der Waals surface area contributed by atoms with Crippen LogP contribution in [0.25, 0.3) is 10.9 Å². The average Bonchev–Trinajstić information content (AvgIpc) is 3.61. The zero-order valence-electron chi connectivity index (χ0n) is 17.1. The number of pyridine rings is 1. The van der Waals surface area contributed by atoms with Crippen molar-refractivity contribution in [3.8, 4) is 0 Å². The van der Waals surface area contributed by atoms with Crippen molar-refractivity contribution in [2.75, 3.05) is 38.1 Å². The van der Waals surface area contributed by atoms with Crippen LogP contribution in [0, 0.1) is 0 Å². The van der Waals surface area contributed by atoms with Gasteiger partial charge in [-0.05, 0) is 47.0 Å². The highest BCUT2D eigenvalue weighted by Gasteiger charge is 2.42. The summed E-state index contributed by atoms with van der Waals surface area (Å²) in [5, 5.41) is 1.18. The van der Waals surface area contributed by atoms with Gasteiger partial charge in [-0.1, -0.05) is 43.6 Å². The number of nitrogens with zero attached hydrogens (tertiary/aromatic N) is 3. The zero-order chi connectivity index (χ0) is 20.0. The van der Waals surface area contributed by atoms with E-state index in [1.165, 1.54) is 48.3 Å². The molecule has 1 unspecified atom stereocenters. The van der Waals surface area contributed by atoms with Crippen LogP contribution < -0.4 is 5.73 Å². The highest BCUT2D eigenvalue weighted by atomic mass is 31.2. The summed E-state index contributed by atoms with van der Waals surface area (Å²) in [4.78, 5) is 4.61. The Morgan fingerprint density at radius 2 is 1.79 bits per heavy atom. The van der Waals surface area contributed by atoms with E-state index in [1.807, 2.05) is 12.3 Å². The summed E-state index contributed by atoms with van der Waals surface area (Å²) < 4.78 is 5.21. The van der Waals surface area contributed by atoms with Crippen LogP contribution in [0.3, 0.4) is 0 Å². The highest BCUT2D eigenvalue weighted by molar-refractivity contribution is 7.69. The van der Waals surface area contributed by atoms with Crippen LogP contribution in [0.15, 0.2) is 54.7 Å². The van der Waals surface area contributed by atoms with Crippen molar-refractivity contribution in [1.29, 1.82) is 0 Å². The van der Waals surface area contributed by atoms with Crippen LogP contribution in [0.4, 0.5) is 5.69 Å². The fourth-order valence-electron chi connectivity index (χ4n) is 4.31. The molecule has 1 atom stereocenters. The molecule has 2 fully saturated rings. The lowest BCUT2D eigenvalue weighted by Crippen LogP contribution is -2.13. The minimum Gasteiger partial charge on any atom is -0.398 e. The van der Waals surface area contributed by atoms with Gasteiger partial charge < -0.3 is 5.73 Å². The molecule has 5 heteroatoms. The number of benzene rings is 2. The number of anilines is 1. The van der Waals surface area contributed by atoms with E-state index in [-0.39, 0.29) is 0 Å². The lowest BCUT2D eigenvalue weighted by atomic mass is 9.96. The van der Waals surface area contributed by atoms with Crippen molar-refractivity contribution in [3.63, 3.8) is 0 Å². The van der Waals surface area contributed by atoms with Crippen LogP contribution in [0.2, 0.25) is 0 Å². The molecule has 0 bridgehead atoms. The van der Waals surface area contributed by atoms with Crippen LogP contribution >= 0.6 is 7.19 Å². The molecular formula is C24H29N4P. The number of hydrogen-bond acceptors (Lipinski definition) is 4. The van der Waals surface area contributed by atoms with Gasteiger partial charge in [0.2, 0.25) is 0 Å². The van der Waals surface area contributed by atoms with Gasteiger partial charge >= 0.3 is 0 Å². The summed E-state index contributed by atoms with van der Waals surface area (Å²) in [6.45, 7) is 7.25. The monoisotopic (exact) mass is 404 g/mol. The number of hydrogen-bond donors (Lipinski definition) is 1. The zero-order valence-corrected chi connectivity index (χ0v) is 18.0. The second-order valence-corrected chi connectivity index (χ2v) is 11.8. The first-order valence-corrected chi connectivity index (χ1v) is 12.5. The van der Waals surface area contributed by atoms with E-state index in [0.29, 0.717) is 5.92 Å². The van der Waals surface area contributed by atoms with Crippen molar-refractivity contribution < 1.29 is 0 Å². The Kier molecular flexibility index (Phi) is 4.74. The summed E-state index contributed by atoms with van der Waals surface area (Å²) in [6, 6.07) is 17.1. The van der Waals surface area contributed by atoms with Crippen LogP contribution in [0.5, 0.6) is 0 Å². The van der Waals surface area contributed by atoms with Crippen molar-refractivity contribution >= 4 is 30.1 Å². The summed E-state index contributed by atoms with van der Waals surface area (Å²) >= 11 is 0.